The monoisotopic (exact) mass is 561 g/mol. The van der Waals surface area contributed by atoms with E-state index < -0.39 is 47.6 Å². The van der Waals surface area contributed by atoms with Crippen LogP contribution in [0.25, 0.3) is 0 Å². The van der Waals surface area contributed by atoms with Gasteiger partial charge in [0.25, 0.3) is 0 Å². The van der Waals surface area contributed by atoms with E-state index in [4.69, 9.17) is 23.7 Å². The minimum atomic E-state index is -1.39. The van der Waals surface area contributed by atoms with Gasteiger partial charge in [-0.3, -0.25) is 0 Å². The Morgan fingerprint density at radius 2 is 1.48 bits per heavy atom. The first kappa shape index (κ1) is 31.9. The Balaban J connectivity index is 1.91. The van der Waals surface area contributed by atoms with Crippen LogP contribution in [0.15, 0.2) is 24.3 Å². The summed E-state index contributed by atoms with van der Waals surface area (Å²) < 4.78 is 29.6. The SMILES string of the molecule is Cc1ccc(C[C@H]2COC[C@H](N(C(=O)OC(C)(C)C)C(=O)OC(C)(C)C)C(=O)O[C@@H](C)[C@@H]2OC2CCCC2)cc1. The van der Waals surface area contributed by atoms with Crippen molar-refractivity contribution in [3.8, 4) is 0 Å². The van der Waals surface area contributed by atoms with Gasteiger partial charge in [-0.15, -0.1) is 0 Å². The Kier molecular flexibility index (Phi) is 10.6. The van der Waals surface area contributed by atoms with Crippen LogP contribution in [0.1, 0.15) is 85.3 Å². The molecule has 1 heterocycles. The van der Waals surface area contributed by atoms with E-state index in [1.54, 1.807) is 48.5 Å². The van der Waals surface area contributed by atoms with Gasteiger partial charge in [-0.25, -0.2) is 14.4 Å². The lowest BCUT2D eigenvalue weighted by atomic mass is 9.91. The lowest BCUT2D eigenvalue weighted by molar-refractivity contribution is -0.167. The normalized spacial score (nSPS) is 24.9. The molecule has 9 nitrogen and oxygen atoms in total. The molecule has 40 heavy (non-hydrogen) atoms. The minimum Gasteiger partial charge on any atom is -0.458 e. The Hall–Kier alpha value is -2.65. The molecule has 0 bridgehead atoms. The summed E-state index contributed by atoms with van der Waals surface area (Å²) in [7, 11) is 0. The number of imide groups is 1. The molecule has 2 aliphatic rings. The third-order valence-electron chi connectivity index (χ3n) is 6.87. The second-order valence-electron chi connectivity index (χ2n) is 13.0. The van der Waals surface area contributed by atoms with Gasteiger partial charge < -0.3 is 23.7 Å². The largest absolute Gasteiger partial charge is 0.458 e. The van der Waals surface area contributed by atoms with Gasteiger partial charge in [0, 0.05) is 5.92 Å². The van der Waals surface area contributed by atoms with Crippen molar-refractivity contribution < 1.29 is 38.1 Å². The van der Waals surface area contributed by atoms with E-state index in [0.29, 0.717) is 11.3 Å². The third-order valence-corrected chi connectivity index (χ3v) is 6.87. The summed E-state index contributed by atoms with van der Waals surface area (Å²) in [5, 5.41) is 0. The molecule has 9 heteroatoms. The van der Waals surface area contributed by atoms with Crippen molar-refractivity contribution in [2.45, 2.75) is 123 Å². The Labute approximate surface area is 238 Å². The molecule has 0 unspecified atom stereocenters. The summed E-state index contributed by atoms with van der Waals surface area (Å²) in [6, 6.07) is 6.91. The predicted octanol–water partition coefficient (Wildman–Crippen LogP) is 5.98. The number of amides is 2. The topological polar surface area (TPSA) is 101 Å². The third kappa shape index (κ3) is 9.47. The second-order valence-corrected chi connectivity index (χ2v) is 13.0. The number of esters is 1. The fourth-order valence-electron chi connectivity index (χ4n) is 5.01. The molecule has 1 aliphatic heterocycles. The molecule has 0 aromatic heterocycles. The van der Waals surface area contributed by atoms with E-state index in [1.807, 2.05) is 6.92 Å². The number of aryl methyl sites for hydroxylation is 1. The van der Waals surface area contributed by atoms with Crippen LogP contribution in [0.5, 0.6) is 0 Å². The van der Waals surface area contributed by atoms with Gasteiger partial charge in [-0.05, 0) is 80.2 Å². The highest BCUT2D eigenvalue weighted by molar-refractivity contribution is 5.94. The lowest BCUT2D eigenvalue weighted by Crippen LogP contribution is -2.54. The summed E-state index contributed by atoms with van der Waals surface area (Å²) in [6.45, 7) is 13.9. The predicted molar refractivity (Wildman–Crippen MR) is 150 cm³/mol. The summed E-state index contributed by atoms with van der Waals surface area (Å²) in [5.41, 5.74) is 0.473. The standard InChI is InChI=1S/C31H47NO8/c1-20-13-15-22(16-14-20)17-23-18-36-19-25(27(33)37-21(2)26(23)38-24-11-9-10-12-24)32(28(34)39-30(3,4)5)29(35)40-31(6,7)8/h13-16,21,23-26H,9-12,17-19H2,1-8H3/t21-,23-,25-,26-/m0/s1. The van der Waals surface area contributed by atoms with Crippen molar-refractivity contribution in [1.29, 1.82) is 0 Å². The number of hydrogen-bond acceptors (Lipinski definition) is 8. The van der Waals surface area contributed by atoms with Gasteiger partial charge in [0.1, 0.15) is 17.3 Å². The van der Waals surface area contributed by atoms with Crippen LogP contribution in [0, 0.1) is 12.8 Å². The number of rotatable bonds is 5. The van der Waals surface area contributed by atoms with Crippen LogP contribution in [0.4, 0.5) is 9.59 Å². The molecule has 1 aliphatic carbocycles. The number of benzene rings is 1. The van der Waals surface area contributed by atoms with E-state index in [-0.39, 0.29) is 25.2 Å². The van der Waals surface area contributed by atoms with Crippen LogP contribution >= 0.6 is 0 Å². The molecule has 1 saturated heterocycles. The van der Waals surface area contributed by atoms with Crippen molar-refractivity contribution in [3.63, 3.8) is 0 Å². The van der Waals surface area contributed by atoms with Gasteiger partial charge in [0.05, 0.1) is 25.4 Å². The van der Waals surface area contributed by atoms with Gasteiger partial charge in [0.2, 0.25) is 0 Å². The molecule has 0 radical (unpaired) electrons. The Morgan fingerprint density at radius 3 is 2.00 bits per heavy atom. The van der Waals surface area contributed by atoms with E-state index in [0.717, 1.165) is 31.2 Å². The molecule has 4 atom stereocenters. The van der Waals surface area contributed by atoms with Crippen LogP contribution in [0.2, 0.25) is 0 Å². The molecule has 1 saturated carbocycles. The van der Waals surface area contributed by atoms with Gasteiger partial charge in [-0.1, -0.05) is 42.7 Å². The Bertz CT molecular complexity index is 976. The number of cyclic esters (lactones) is 1. The van der Waals surface area contributed by atoms with Crippen molar-refractivity contribution in [1.82, 2.24) is 4.90 Å². The van der Waals surface area contributed by atoms with Gasteiger partial charge in [0.15, 0.2) is 6.04 Å². The number of carbonyl (C=O) groups excluding carboxylic acids is 3. The zero-order valence-corrected chi connectivity index (χ0v) is 25.4. The number of carbonyl (C=O) groups is 3. The highest BCUT2D eigenvalue weighted by Gasteiger charge is 2.44. The fourth-order valence-corrected chi connectivity index (χ4v) is 5.01. The first-order chi connectivity index (χ1) is 18.6. The van der Waals surface area contributed by atoms with Gasteiger partial charge in [-0.2, -0.15) is 4.90 Å². The average Bonchev–Trinajstić information content (AvgIpc) is 3.34. The molecule has 1 aromatic rings. The highest BCUT2D eigenvalue weighted by Crippen LogP contribution is 2.30. The number of hydrogen-bond donors (Lipinski definition) is 0. The van der Waals surface area contributed by atoms with E-state index in [9.17, 15) is 14.4 Å². The first-order valence-electron chi connectivity index (χ1n) is 14.4. The summed E-state index contributed by atoms with van der Waals surface area (Å²) in [5.74, 6) is -0.901. The average molecular weight is 562 g/mol. The van der Waals surface area contributed by atoms with Crippen molar-refractivity contribution >= 4 is 18.2 Å². The van der Waals surface area contributed by atoms with Crippen molar-refractivity contribution in [2.75, 3.05) is 13.2 Å². The first-order valence-corrected chi connectivity index (χ1v) is 14.4. The maximum Gasteiger partial charge on any atom is 0.420 e. The molecule has 0 spiro atoms. The number of ether oxygens (including phenoxy) is 5. The molecule has 0 N–H and O–H groups in total. The summed E-state index contributed by atoms with van der Waals surface area (Å²) in [4.78, 5) is 40.7. The minimum absolute atomic E-state index is 0.0863. The van der Waals surface area contributed by atoms with Crippen LogP contribution in [-0.4, -0.2) is 71.8 Å². The zero-order valence-electron chi connectivity index (χ0n) is 25.4. The molecule has 2 fully saturated rings. The van der Waals surface area contributed by atoms with E-state index in [1.165, 1.54) is 5.56 Å². The second kappa shape index (κ2) is 13.3. The van der Waals surface area contributed by atoms with Crippen LogP contribution in [-0.2, 0) is 34.9 Å². The molecule has 1 aromatic carbocycles. The van der Waals surface area contributed by atoms with Crippen LogP contribution < -0.4 is 0 Å². The Morgan fingerprint density at radius 1 is 0.925 bits per heavy atom. The number of nitrogens with zero attached hydrogens (tertiary/aromatic N) is 1. The maximum atomic E-state index is 13.6. The van der Waals surface area contributed by atoms with Crippen molar-refractivity contribution in [2.24, 2.45) is 5.92 Å². The quantitative estimate of drug-likeness (QED) is 0.320. The van der Waals surface area contributed by atoms with Crippen LogP contribution in [0.3, 0.4) is 0 Å². The summed E-state index contributed by atoms with van der Waals surface area (Å²) in [6.07, 6.45) is 1.79. The molecular formula is C31H47NO8. The maximum absolute atomic E-state index is 13.6. The highest BCUT2D eigenvalue weighted by atomic mass is 16.6. The van der Waals surface area contributed by atoms with Gasteiger partial charge >= 0.3 is 18.2 Å². The van der Waals surface area contributed by atoms with Crippen molar-refractivity contribution in [3.05, 3.63) is 35.4 Å². The zero-order chi connectivity index (χ0) is 29.7. The summed E-state index contributed by atoms with van der Waals surface area (Å²) >= 11 is 0. The lowest BCUT2D eigenvalue weighted by Gasteiger charge is -2.33. The molecule has 3 rings (SSSR count). The van der Waals surface area contributed by atoms with E-state index >= 15 is 0 Å². The fraction of sp³-hybridized carbons (Fsp3) is 0.710. The molecule has 224 valence electrons. The van der Waals surface area contributed by atoms with E-state index in [2.05, 4.69) is 24.3 Å². The molecule has 2 amide bonds. The molecular weight excluding hydrogens is 514 g/mol. The smallest absolute Gasteiger partial charge is 0.420 e.